The van der Waals surface area contributed by atoms with Gasteiger partial charge in [0.1, 0.15) is 0 Å². The van der Waals surface area contributed by atoms with E-state index < -0.39 is 0 Å². The van der Waals surface area contributed by atoms with Gasteiger partial charge in [-0.05, 0) is 23.3 Å². The number of likely N-dealkylation sites (N-methyl/N-ethyl adjacent to an activating group) is 1. The van der Waals surface area contributed by atoms with Crippen molar-refractivity contribution in [2.75, 3.05) is 27.7 Å². The number of halogens is 1. The van der Waals surface area contributed by atoms with Crippen LogP contribution in [0.3, 0.4) is 0 Å². The highest BCUT2D eigenvalue weighted by Crippen LogP contribution is 2.06. The SMILES string of the molecule is COC(=O)c1ccc(CNC(=NCc2ccccc2)NCC(=O)N(C)C)cc1.I. The van der Waals surface area contributed by atoms with Crippen LogP contribution in [0.15, 0.2) is 59.6 Å². The number of amides is 1. The third-order valence-corrected chi connectivity index (χ3v) is 4.00. The predicted molar refractivity (Wildman–Crippen MR) is 124 cm³/mol. The Morgan fingerprint density at radius 3 is 2.21 bits per heavy atom. The van der Waals surface area contributed by atoms with Gasteiger partial charge in [-0.15, -0.1) is 24.0 Å². The van der Waals surface area contributed by atoms with Crippen LogP contribution in [0.5, 0.6) is 0 Å². The topological polar surface area (TPSA) is 83.0 Å². The molecular formula is C21H27IN4O3. The zero-order valence-corrected chi connectivity index (χ0v) is 19.2. The van der Waals surface area contributed by atoms with Crippen LogP contribution in [0, 0.1) is 0 Å². The van der Waals surface area contributed by atoms with Crippen molar-refractivity contribution in [1.82, 2.24) is 15.5 Å². The van der Waals surface area contributed by atoms with E-state index in [0.717, 1.165) is 11.1 Å². The summed E-state index contributed by atoms with van der Waals surface area (Å²) >= 11 is 0. The Morgan fingerprint density at radius 2 is 1.62 bits per heavy atom. The zero-order valence-electron chi connectivity index (χ0n) is 16.8. The van der Waals surface area contributed by atoms with Crippen molar-refractivity contribution in [3.63, 3.8) is 0 Å². The molecule has 0 saturated carbocycles. The van der Waals surface area contributed by atoms with E-state index in [-0.39, 0.29) is 42.4 Å². The van der Waals surface area contributed by atoms with E-state index in [1.165, 1.54) is 12.0 Å². The second-order valence-electron chi connectivity index (χ2n) is 6.33. The van der Waals surface area contributed by atoms with Gasteiger partial charge < -0.3 is 20.3 Å². The van der Waals surface area contributed by atoms with Crippen LogP contribution in [-0.2, 0) is 22.6 Å². The van der Waals surface area contributed by atoms with Crippen molar-refractivity contribution in [1.29, 1.82) is 0 Å². The summed E-state index contributed by atoms with van der Waals surface area (Å²) in [5.41, 5.74) is 2.55. The van der Waals surface area contributed by atoms with Gasteiger partial charge in [-0.2, -0.15) is 0 Å². The first-order valence-electron chi connectivity index (χ1n) is 8.93. The normalized spacial score (nSPS) is 10.5. The van der Waals surface area contributed by atoms with Gasteiger partial charge >= 0.3 is 5.97 Å². The van der Waals surface area contributed by atoms with Crippen LogP contribution in [0.1, 0.15) is 21.5 Å². The van der Waals surface area contributed by atoms with E-state index in [1.54, 1.807) is 26.2 Å². The molecule has 29 heavy (non-hydrogen) atoms. The molecule has 8 heteroatoms. The van der Waals surface area contributed by atoms with Gasteiger partial charge in [0.05, 0.1) is 25.8 Å². The summed E-state index contributed by atoms with van der Waals surface area (Å²) in [6.45, 7) is 1.14. The highest BCUT2D eigenvalue weighted by Gasteiger charge is 2.07. The van der Waals surface area contributed by atoms with Gasteiger partial charge in [0.25, 0.3) is 0 Å². The molecule has 0 radical (unpaired) electrons. The zero-order chi connectivity index (χ0) is 20.4. The first-order valence-corrected chi connectivity index (χ1v) is 8.93. The first kappa shape index (κ1) is 24.4. The number of guanidine groups is 1. The van der Waals surface area contributed by atoms with Crippen LogP contribution < -0.4 is 10.6 Å². The highest BCUT2D eigenvalue weighted by molar-refractivity contribution is 14.0. The second kappa shape index (κ2) is 12.8. The summed E-state index contributed by atoms with van der Waals surface area (Å²) in [6, 6.07) is 17.0. The van der Waals surface area contributed by atoms with Crippen molar-refractivity contribution in [2.24, 2.45) is 4.99 Å². The number of nitrogens with one attached hydrogen (secondary N) is 2. The lowest BCUT2D eigenvalue weighted by Gasteiger charge is -2.15. The lowest BCUT2D eigenvalue weighted by molar-refractivity contribution is -0.127. The minimum absolute atomic E-state index is 0. The summed E-state index contributed by atoms with van der Waals surface area (Å²) in [4.78, 5) is 29.4. The maximum atomic E-state index is 11.9. The number of benzene rings is 2. The van der Waals surface area contributed by atoms with Crippen LogP contribution in [0.4, 0.5) is 0 Å². The summed E-state index contributed by atoms with van der Waals surface area (Å²) in [7, 11) is 4.77. The minimum Gasteiger partial charge on any atom is -0.465 e. The number of esters is 1. The van der Waals surface area contributed by atoms with Crippen molar-refractivity contribution >= 4 is 41.8 Å². The molecule has 7 nitrogen and oxygen atoms in total. The average molecular weight is 510 g/mol. The molecule has 0 spiro atoms. The Kier molecular flexibility index (Phi) is 10.7. The summed E-state index contributed by atoms with van der Waals surface area (Å²) < 4.78 is 4.70. The fourth-order valence-corrected chi connectivity index (χ4v) is 2.31. The number of rotatable bonds is 7. The minimum atomic E-state index is -0.367. The Morgan fingerprint density at radius 1 is 0.966 bits per heavy atom. The molecule has 156 valence electrons. The van der Waals surface area contributed by atoms with Crippen molar-refractivity contribution in [3.05, 3.63) is 71.3 Å². The van der Waals surface area contributed by atoms with Gasteiger partial charge in [-0.25, -0.2) is 9.79 Å². The molecular weight excluding hydrogens is 483 g/mol. The molecule has 0 aliphatic carbocycles. The van der Waals surface area contributed by atoms with Crippen LogP contribution in [-0.4, -0.2) is 50.5 Å². The number of hydrogen-bond donors (Lipinski definition) is 2. The lowest BCUT2D eigenvalue weighted by Crippen LogP contribution is -2.42. The van der Waals surface area contributed by atoms with Crippen molar-refractivity contribution < 1.29 is 14.3 Å². The quantitative estimate of drug-likeness (QED) is 0.259. The number of carbonyl (C=O) groups is 2. The maximum absolute atomic E-state index is 11.9. The smallest absolute Gasteiger partial charge is 0.337 e. The fraction of sp³-hybridized carbons (Fsp3) is 0.286. The molecule has 0 heterocycles. The number of ether oxygens (including phenoxy) is 1. The molecule has 0 aliphatic heterocycles. The third kappa shape index (κ3) is 8.51. The molecule has 0 aromatic heterocycles. The summed E-state index contributed by atoms with van der Waals surface area (Å²) in [5.74, 6) is 0.126. The molecule has 2 aromatic carbocycles. The predicted octanol–water partition coefficient (Wildman–Crippen LogP) is 2.41. The average Bonchev–Trinajstić information content (AvgIpc) is 2.73. The fourth-order valence-electron chi connectivity index (χ4n) is 2.31. The van der Waals surface area contributed by atoms with Crippen LogP contribution >= 0.6 is 24.0 Å². The van der Waals surface area contributed by atoms with Gasteiger partial charge in [0.2, 0.25) is 5.91 Å². The molecule has 0 unspecified atom stereocenters. The molecule has 2 rings (SSSR count). The lowest BCUT2D eigenvalue weighted by atomic mass is 10.1. The maximum Gasteiger partial charge on any atom is 0.337 e. The Bertz CT molecular complexity index is 808. The van der Waals surface area contributed by atoms with Crippen molar-refractivity contribution in [2.45, 2.75) is 13.1 Å². The largest absolute Gasteiger partial charge is 0.465 e. The molecule has 0 fully saturated rings. The van der Waals surface area contributed by atoms with E-state index in [9.17, 15) is 9.59 Å². The number of carbonyl (C=O) groups excluding carboxylic acids is 2. The Balaban J connectivity index is 0.00000420. The van der Waals surface area contributed by atoms with E-state index in [0.29, 0.717) is 24.6 Å². The number of methoxy groups -OCH3 is 1. The molecule has 2 N–H and O–H groups in total. The molecule has 0 saturated heterocycles. The van der Waals surface area contributed by atoms with E-state index >= 15 is 0 Å². The number of nitrogens with zero attached hydrogens (tertiary/aromatic N) is 2. The summed E-state index contributed by atoms with van der Waals surface area (Å²) in [5, 5.41) is 6.27. The van der Waals surface area contributed by atoms with Crippen LogP contribution in [0.2, 0.25) is 0 Å². The molecule has 1 amide bonds. The van der Waals surface area contributed by atoms with Gasteiger partial charge in [-0.1, -0.05) is 42.5 Å². The third-order valence-electron chi connectivity index (χ3n) is 4.00. The molecule has 2 aromatic rings. The molecule has 0 atom stereocenters. The highest BCUT2D eigenvalue weighted by atomic mass is 127. The van der Waals surface area contributed by atoms with Gasteiger partial charge in [0.15, 0.2) is 5.96 Å². The van der Waals surface area contributed by atoms with Gasteiger partial charge in [0, 0.05) is 20.6 Å². The van der Waals surface area contributed by atoms with E-state index in [4.69, 9.17) is 4.74 Å². The second-order valence-corrected chi connectivity index (χ2v) is 6.33. The molecule has 0 bridgehead atoms. The van der Waals surface area contributed by atoms with Gasteiger partial charge in [-0.3, -0.25) is 4.79 Å². The number of aliphatic imine (C=N–C) groups is 1. The van der Waals surface area contributed by atoms with Crippen LogP contribution in [0.25, 0.3) is 0 Å². The Labute approximate surface area is 188 Å². The standard InChI is InChI=1S/C21H26N4O3.HI/c1-25(2)19(26)15-24-21(22-13-16-7-5-4-6-8-16)23-14-17-9-11-18(12-10-17)20(27)28-3;/h4-12H,13-15H2,1-3H3,(H2,22,23,24);1H. The Hall–Kier alpha value is -2.62. The van der Waals surface area contributed by atoms with Crippen molar-refractivity contribution in [3.8, 4) is 0 Å². The number of hydrogen-bond acceptors (Lipinski definition) is 4. The molecule has 0 aliphatic rings. The van der Waals surface area contributed by atoms with E-state index in [2.05, 4.69) is 15.6 Å². The summed E-state index contributed by atoms with van der Waals surface area (Å²) in [6.07, 6.45) is 0. The van der Waals surface area contributed by atoms with E-state index in [1.807, 2.05) is 42.5 Å². The first-order chi connectivity index (χ1) is 13.5. The monoisotopic (exact) mass is 510 g/mol.